The fourth-order valence-electron chi connectivity index (χ4n) is 8.48. The molecule has 4 aromatic carbocycles. The third-order valence-corrected chi connectivity index (χ3v) is 12.2. The summed E-state index contributed by atoms with van der Waals surface area (Å²) in [7, 11) is 0. The highest BCUT2D eigenvalue weighted by atomic mass is 16.6. The molecule has 0 unspecified atom stereocenters. The van der Waals surface area contributed by atoms with Crippen molar-refractivity contribution >= 4 is 41.1 Å². The summed E-state index contributed by atoms with van der Waals surface area (Å²) in [6.07, 6.45) is 3.74. The van der Waals surface area contributed by atoms with Gasteiger partial charge in [-0.3, -0.25) is 33.6 Å². The molecule has 0 aliphatic carbocycles. The van der Waals surface area contributed by atoms with Gasteiger partial charge in [0.25, 0.3) is 0 Å². The van der Waals surface area contributed by atoms with E-state index in [1.807, 2.05) is 63.2 Å². The van der Waals surface area contributed by atoms with E-state index >= 15 is 0 Å². The highest BCUT2D eigenvalue weighted by molar-refractivity contribution is 5.97. The van der Waals surface area contributed by atoms with Gasteiger partial charge in [-0.2, -0.15) is 0 Å². The molecule has 444 valence electrons. The highest BCUT2D eigenvalue weighted by Gasteiger charge is 2.36. The Morgan fingerprint density at radius 3 is 1.52 bits per heavy atom. The van der Waals surface area contributed by atoms with Gasteiger partial charge in [-0.25, -0.2) is 0 Å². The second-order valence-electron chi connectivity index (χ2n) is 23.1. The van der Waals surface area contributed by atoms with Gasteiger partial charge in [-0.05, 0) is 141 Å². The summed E-state index contributed by atoms with van der Waals surface area (Å²) in [5, 5.41) is 5.60. The summed E-state index contributed by atoms with van der Waals surface area (Å²) in [6, 6.07) is 28.9. The van der Waals surface area contributed by atoms with Crippen LogP contribution in [0.4, 0.5) is 0 Å². The van der Waals surface area contributed by atoms with Crippen LogP contribution < -0.4 is 30.6 Å². The minimum atomic E-state index is -1.43. The lowest BCUT2D eigenvalue weighted by atomic mass is 9.88. The second kappa shape index (κ2) is 33.5. The molecule has 0 saturated heterocycles. The number of ether oxygens (including phenoxy) is 7. The lowest BCUT2D eigenvalue weighted by molar-refractivity contribution is -0.159. The molecule has 82 heavy (non-hydrogen) atoms. The van der Waals surface area contributed by atoms with Gasteiger partial charge in [0.15, 0.2) is 17.3 Å². The molecule has 0 aliphatic heterocycles. The van der Waals surface area contributed by atoms with E-state index in [0.29, 0.717) is 36.0 Å². The quantitative estimate of drug-likeness (QED) is 0.0223. The van der Waals surface area contributed by atoms with E-state index in [-0.39, 0.29) is 70.7 Å². The zero-order chi connectivity index (χ0) is 60.3. The maximum atomic E-state index is 14.9. The van der Waals surface area contributed by atoms with Gasteiger partial charge in [-0.1, -0.05) is 78.7 Å². The SMILES string of the molecule is C#CCOc1ccc(OCCOCCOCCCC(=O)[C@H](CC(=O)OC(C)(C)C)NC(=O)[C@H](CC(=O)OC(C)(C)C)CC(=O)[C@H](Cc2ccccc2)NC(=O)[C@@H](CC(=O)[C@@H](N)Cc2ccccc2)Cc2ccc(OC(C)(C)C)cc2)cc1. The Morgan fingerprint density at radius 1 is 0.488 bits per heavy atom. The number of esters is 2. The molecule has 5 atom stereocenters. The highest BCUT2D eigenvalue weighted by Crippen LogP contribution is 2.24. The van der Waals surface area contributed by atoms with E-state index in [2.05, 4.69) is 16.6 Å². The molecular formula is C65H85N3O14. The minimum Gasteiger partial charge on any atom is -0.491 e. The summed E-state index contributed by atoms with van der Waals surface area (Å²) in [6.45, 7) is 17.2. The number of terminal acetylenes is 1. The Hall–Kier alpha value is -7.39. The first-order chi connectivity index (χ1) is 38.8. The topological polar surface area (TPSA) is 234 Å². The van der Waals surface area contributed by atoms with Crippen molar-refractivity contribution in [3.8, 4) is 29.6 Å². The molecule has 0 aliphatic rings. The lowest BCUT2D eigenvalue weighted by Gasteiger charge is -2.27. The van der Waals surface area contributed by atoms with E-state index in [1.54, 1.807) is 108 Å². The molecule has 0 spiro atoms. The van der Waals surface area contributed by atoms with Gasteiger partial charge in [0.05, 0.1) is 56.7 Å². The molecule has 4 rings (SSSR count). The molecule has 4 N–H and O–H groups in total. The number of hydrogen-bond donors (Lipinski definition) is 3. The van der Waals surface area contributed by atoms with Crippen LogP contribution in [-0.4, -0.2) is 116 Å². The first kappa shape index (κ1) is 67.1. The number of ketones is 3. The van der Waals surface area contributed by atoms with Crippen molar-refractivity contribution in [3.05, 3.63) is 126 Å². The number of nitrogens with one attached hydrogen (secondary N) is 2. The van der Waals surface area contributed by atoms with Crippen molar-refractivity contribution < 1.29 is 66.7 Å². The molecule has 0 saturated carbocycles. The summed E-state index contributed by atoms with van der Waals surface area (Å²) in [4.78, 5) is 98.9. The first-order valence-corrected chi connectivity index (χ1v) is 27.9. The smallest absolute Gasteiger partial charge is 0.308 e. The number of carbonyl (C=O) groups is 7. The molecule has 4 aromatic rings. The molecule has 0 heterocycles. The third kappa shape index (κ3) is 27.4. The van der Waals surface area contributed by atoms with Crippen LogP contribution in [0.3, 0.4) is 0 Å². The molecule has 0 radical (unpaired) electrons. The van der Waals surface area contributed by atoms with Gasteiger partial charge in [0.1, 0.15) is 47.3 Å². The normalized spacial score (nSPS) is 13.4. The number of Topliss-reactive ketones (excluding diaryl/α,β-unsaturated/α-hetero) is 3. The first-order valence-electron chi connectivity index (χ1n) is 27.9. The molecule has 17 nitrogen and oxygen atoms in total. The average molecular weight is 1130 g/mol. The maximum Gasteiger partial charge on any atom is 0.308 e. The Bertz CT molecular complexity index is 2690. The van der Waals surface area contributed by atoms with E-state index in [9.17, 15) is 33.6 Å². The van der Waals surface area contributed by atoms with Crippen LogP contribution in [0.15, 0.2) is 109 Å². The Morgan fingerprint density at radius 2 is 0.963 bits per heavy atom. The summed E-state index contributed by atoms with van der Waals surface area (Å²) >= 11 is 0. The Balaban J connectivity index is 1.52. The standard InChI is InChI=1S/C65H85N3O14/c1-11-32-78-50-28-30-51(31-29-50)79-37-36-77-35-34-76-33-18-23-56(69)55(44-60(73)82-65(8,9)10)68-62(75)49(43-59(72)81-64(5,6)7)42-58(71)54(40-46-21-16-13-17-22-46)67-61(74)48(38-47-24-26-52(27-25-47)80-63(2,3)4)41-57(70)53(66)39-45-19-14-12-15-20-45/h1,12-17,19-22,24-31,48-49,53-55H,18,23,32-44,66H2,2-10H3,(H,67,74)(H,68,75)/t48-,49+,53+,54+,55+/m1/s1. The van der Waals surface area contributed by atoms with Crippen LogP contribution in [0.1, 0.15) is 118 Å². The predicted molar refractivity (Wildman–Crippen MR) is 312 cm³/mol. The summed E-state index contributed by atoms with van der Waals surface area (Å²) in [5.74, 6) is -2.63. The zero-order valence-electron chi connectivity index (χ0n) is 49.3. The van der Waals surface area contributed by atoms with Gasteiger partial charge >= 0.3 is 11.9 Å². The van der Waals surface area contributed by atoms with E-state index in [1.165, 1.54) is 0 Å². The van der Waals surface area contributed by atoms with Crippen molar-refractivity contribution in [2.24, 2.45) is 17.6 Å². The van der Waals surface area contributed by atoms with Crippen molar-refractivity contribution in [2.45, 2.75) is 155 Å². The fraction of sp³-hybridized carbons (Fsp3) is 0.492. The van der Waals surface area contributed by atoms with Crippen LogP contribution in [0.2, 0.25) is 0 Å². The van der Waals surface area contributed by atoms with E-state index < -0.39 is 101 Å². The predicted octanol–water partition coefficient (Wildman–Crippen LogP) is 8.28. The molecule has 2 amide bonds. The monoisotopic (exact) mass is 1130 g/mol. The number of carbonyl (C=O) groups excluding carboxylic acids is 7. The van der Waals surface area contributed by atoms with Crippen LogP contribution >= 0.6 is 0 Å². The molecule has 0 fully saturated rings. The van der Waals surface area contributed by atoms with Gasteiger partial charge in [-0.15, -0.1) is 6.42 Å². The van der Waals surface area contributed by atoms with Crippen molar-refractivity contribution in [2.75, 3.05) is 39.6 Å². The number of amides is 2. The van der Waals surface area contributed by atoms with Gasteiger partial charge in [0, 0.05) is 31.8 Å². The fourth-order valence-corrected chi connectivity index (χ4v) is 8.48. The van der Waals surface area contributed by atoms with Gasteiger partial charge < -0.3 is 49.5 Å². The maximum absolute atomic E-state index is 14.9. The van der Waals surface area contributed by atoms with Crippen molar-refractivity contribution in [1.29, 1.82) is 0 Å². The zero-order valence-corrected chi connectivity index (χ0v) is 49.3. The van der Waals surface area contributed by atoms with Crippen LogP contribution in [-0.2, 0) is 71.8 Å². The van der Waals surface area contributed by atoms with Crippen molar-refractivity contribution in [3.63, 3.8) is 0 Å². The van der Waals surface area contributed by atoms with Crippen LogP contribution in [0.5, 0.6) is 17.2 Å². The number of hydrogen-bond acceptors (Lipinski definition) is 15. The number of rotatable bonds is 35. The summed E-state index contributed by atoms with van der Waals surface area (Å²) < 4.78 is 39.6. The lowest BCUT2D eigenvalue weighted by Crippen LogP contribution is -2.49. The van der Waals surface area contributed by atoms with E-state index in [0.717, 1.165) is 11.1 Å². The number of benzene rings is 4. The average Bonchev–Trinajstić information content (AvgIpc) is 3.41. The molecule has 17 heteroatoms. The van der Waals surface area contributed by atoms with Crippen molar-refractivity contribution in [1.82, 2.24) is 10.6 Å². The molecule has 0 bridgehead atoms. The molecular weight excluding hydrogens is 1050 g/mol. The minimum absolute atomic E-state index is 0.0119. The second-order valence-corrected chi connectivity index (χ2v) is 23.1. The van der Waals surface area contributed by atoms with Crippen LogP contribution in [0.25, 0.3) is 0 Å². The van der Waals surface area contributed by atoms with Crippen LogP contribution in [0, 0.1) is 24.2 Å². The summed E-state index contributed by atoms with van der Waals surface area (Å²) in [5.41, 5.74) is 6.39. The number of nitrogens with two attached hydrogens (primary N) is 1. The third-order valence-electron chi connectivity index (χ3n) is 12.2. The largest absolute Gasteiger partial charge is 0.491 e. The van der Waals surface area contributed by atoms with E-state index in [4.69, 9.17) is 45.3 Å². The van der Waals surface area contributed by atoms with Gasteiger partial charge in [0.2, 0.25) is 11.8 Å². The molecule has 0 aromatic heterocycles. The Kier molecular flexibility index (Phi) is 27.4. The Labute approximate surface area is 484 Å².